The molecular weight excluding hydrogens is 297 g/mol. The van der Waals surface area contributed by atoms with Gasteiger partial charge in [-0.1, -0.05) is 12.1 Å². The number of hydrogen-bond acceptors (Lipinski definition) is 4. The van der Waals surface area contributed by atoms with Crippen LogP contribution < -0.4 is 0 Å². The van der Waals surface area contributed by atoms with E-state index >= 15 is 0 Å². The standard InChI is InChI=1S/C14H16FNO4S/c1-8(17)16-11(9-4-6-10(15)7-5-9)21-14(2,3)12(16)20-13(18)19/h4-7,11-12H,1-3H3,(H,18,19)/t11-,12+/m1/s1. The van der Waals surface area contributed by atoms with Crippen molar-refractivity contribution in [2.75, 3.05) is 0 Å². The van der Waals surface area contributed by atoms with Crippen molar-refractivity contribution in [3.8, 4) is 0 Å². The molecule has 0 unspecified atom stereocenters. The maximum atomic E-state index is 13.0. The molecule has 7 heteroatoms. The fourth-order valence-corrected chi connectivity index (χ4v) is 3.86. The molecule has 2 rings (SSSR count). The Kier molecular flexibility index (Phi) is 4.13. The van der Waals surface area contributed by atoms with Gasteiger partial charge in [-0.05, 0) is 31.5 Å². The maximum absolute atomic E-state index is 13.0. The van der Waals surface area contributed by atoms with E-state index in [1.165, 1.54) is 35.7 Å². The fourth-order valence-electron chi connectivity index (χ4n) is 2.34. The van der Waals surface area contributed by atoms with Crippen LogP contribution in [-0.2, 0) is 9.53 Å². The average Bonchev–Trinajstić information content (AvgIpc) is 2.61. The summed E-state index contributed by atoms with van der Waals surface area (Å²) in [4.78, 5) is 24.2. The number of nitrogens with zero attached hydrogens (tertiary/aromatic N) is 1. The zero-order chi connectivity index (χ0) is 15.8. The third kappa shape index (κ3) is 3.12. The van der Waals surface area contributed by atoms with E-state index in [4.69, 9.17) is 9.84 Å². The third-order valence-electron chi connectivity index (χ3n) is 3.25. The first-order valence-electron chi connectivity index (χ1n) is 6.34. The number of hydrogen-bond donors (Lipinski definition) is 1. The highest BCUT2D eigenvalue weighted by atomic mass is 32.2. The summed E-state index contributed by atoms with van der Waals surface area (Å²) in [7, 11) is 0. The fraction of sp³-hybridized carbons (Fsp3) is 0.429. The van der Waals surface area contributed by atoms with Gasteiger partial charge in [0.2, 0.25) is 5.91 Å². The van der Waals surface area contributed by atoms with E-state index in [1.807, 2.05) is 13.8 Å². The number of ether oxygens (including phenoxy) is 1. The van der Waals surface area contributed by atoms with Crippen molar-refractivity contribution in [1.82, 2.24) is 4.90 Å². The first-order chi connectivity index (χ1) is 9.72. The summed E-state index contributed by atoms with van der Waals surface area (Å²) >= 11 is 1.41. The van der Waals surface area contributed by atoms with Gasteiger partial charge >= 0.3 is 6.16 Å². The van der Waals surface area contributed by atoms with Gasteiger partial charge in [0.15, 0.2) is 6.23 Å². The molecule has 0 bridgehead atoms. The Labute approximate surface area is 126 Å². The molecular formula is C14H16FNO4S. The lowest BCUT2D eigenvalue weighted by molar-refractivity contribution is -0.141. The second-order valence-corrected chi connectivity index (χ2v) is 7.02. The van der Waals surface area contributed by atoms with Gasteiger partial charge in [0, 0.05) is 6.92 Å². The summed E-state index contributed by atoms with van der Waals surface area (Å²) in [6.07, 6.45) is -2.33. The lowest BCUT2D eigenvalue weighted by Crippen LogP contribution is -2.46. The van der Waals surface area contributed by atoms with Gasteiger partial charge in [-0.25, -0.2) is 9.18 Å². The summed E-state index contributed by atoms with van der Waals surface area (Å²) in [5, 5.41) is 8.47. The number of benzene rings is 1. The zero-order valence-corrected chi connectivity index (χ0v) is 12.7. The molecule has 5 nitrogen and oxygen atoms in total. The van der Waals surface area contributed by atoms with Crippen LogP contribution in [0.4, 0.5) is 9.18 Å². The second-order valence-electron chi connectivity index (χ2n) is 5.29. The number of carbonyl (C=O) groups is 2. The molecule has 1 aliphatic heterocycles. The summed E-state index contributed by atoms with van der Waals surface area (Å²) in [6.45, 7) is 4.98. The molecule has 2 atom stereocenters. The van der Waals surface area contributed by atoms with Crippen LogP contribution in [0.15, 0.2) is 24.3 Å². The van der Waals surface area contributed by atoms with Crippen LogP contribution in [0, 0.1) is 5.82 Å². The van der Waals surface area contributed by atoms with Gasteiger partial charge < -0.3 is 9.84 Å². The minimum atomic E-state index is -1.43. The van der Waals surface area contributed by atoms with Crippen LogP contribution in [0.5, 0.6) is 0 Å². The Morgan fingerprint density at radius 3 is 2.38 bits per heavy atom. The van der Waals surface area contributed by atoms with E-state index in [2.05, 4.69) is 0 Å². The van der Waals surface area contributed by atoms with Gasteiger partial charge in [-0.2, -0.15) is 0 Å². The average molecular weight is 313 g/mol. The highest BCUT2D eigenvalue weighted by Gasteiger charge is 2.51. The van der Waals surface area contributed by atoms with Gasteiger partial charge in [0.05, 0.1) is 4.75 Å². The molecule has 21 heavy (non-hydrogen) atoms. The molecule has 1 fully saturated rings. The molecule has 0 saturated carbocycles. The number of halogens is 1. The van der Waals surface area contributed by atoms with E-state index in [0.29, 0.717) is 0 Å². The van der Waals surface area contributed by atoms with Crippen molar-refractivity contribution in [2.24, 2.45) is 0 Å². The Hall–Kier alpha value is -1.76. The molecule has 0 spiro atoms. The maximum Gasteiger partial charge on any atom is 0.507 e. The summed E-state index contributed by atoms with van der Waals surface area (Å²) in [6, 6.07) is 5.80. The van der Waals surface area contributed by atoms with Crippen molar-refractivity contribution < 1.29 is 23.8 Å². The van der Waals surface area contributed by atoms with E-state index in [-0.39, 0.29) is 11.7 Å². The first-order valence-corrected chi connectivity index (χ1v) is 7.22. The van der Waals surface area contributed by atoms with Crippen LogP contribution in [0.25, 0.3) is 0 Å². The van der Waals surface area contributed by atoms with Crippen LogP contribution in [0.2, 0.25) is 0 Å². The lowest BCUT2D eigenvalue weighted by Gasteiger charge is -2.30. The molecule has 1 heterocycles. The first kappa shape index (κ1) is 15.6. The van der Waals surface area contributed by atoms with Crippen molar-refractivity contribution in [2.45, 2.75) is 37.1 Å². The van der Waals surface area contributed by atoms with E-state index < -0.39 is 22.5 Å². The minimum Gasteiger partial charge on any atom is -0.450 e. The van der Waals surface area contributed by atoms with Crippen LogP contribution in [0.1, 0.15) is 31.7 Å². The monoisotopic (exact) mass is 313 g/mol. The molecule has 0 radical (unpaired) electrons. The van der Waals surface area contributed by atoms with Crippen molar-refractivity contribution in [1.29, 1.82) is 0 Å². The molecule has 1 aliphatic rings. The van der Waals surface area contributed by atoms with Crippen LogP contribution in [-0.4, -0.2) is 33.0 Å². The number of carbonyl (C=O) groups excluding carboxylic acids is 1. The molecule has 1 aromatic carbocycles. The summed E-state index contributed by atoms with van der Waals surface area (Å²) in [5.41, 5.74) is 0.723. The molecule has 1 saturated heterocycles. The quantitative estimate of drug-likeness (QED) is 0.849. The Morgan fingerprint density at radius 1 is 1.33 bits per heavy atom. The predicted molar refractivity (Wildman–Crippen MR) is 76.2 cm³/mol. The third-order valence-corrected chi connectivity index (χ3v) is 4.78. The Bertz CT molecular complexity index is 561. The summed E-state index contributed by atoms with van der Waals surface area (Å²) in [5.74, 6) is -0.664. The Balaban J connectivity index is 2.39. The molecule has 0 aliphatic carbocycles. The van der Waals surface area contributed by atoms with Crippen LogP contribution >= 0.6 is 11.8 Å². The molecule has 1 aromatic rings. The van der Waals surface area contributed by atoms with Gasteiger partial charge in [0.25, 0.3) is 0 Å². The Morgan fingerprint density at radius 2 is 1.90 bits per heavy atom. The molecule has 114 valence electrons. The normalized spacial score (nSPS) is 23.9. The van der Waals surface area contributed by atoms with Gasteiger partial charge in [-0.3, -0.25) is 9.69 Å². The number of amides is 1. The molecule has 1 amide bonds. The topological polar surface area (TPSA) is 66.8 Å². The highest BCUT2D eigenvalue weighted by Crippen LogP contribution is 2.52. The van der Waals surface area contributed by atoms with Gasteiger partial charge in [-0.15, -0.1) is 11.8 Å². The van der Waals surface area contributed by atoms with Crippen molar-refractivity contribution in [3.63, 3.8) is 0 Å². The minimum absolute atomic E-state index is 0.298. The molecule has 1 N–H and O–H groups in total. The van der Waals surface area contributed by atoms with E-state index in [1.54, 1.807) is 12.1 Å². The largest absolute Gasteiger partial charge is 0.507 e. The van der Waals surface area contributed by atoms with E-state index in [9.17, 15) is 14.0 Å². The molecule has 0 aromatic heterocycles. The van der Waals surface area contributed by atoms with E-state index in [0.717, 1.165) is 5.56 Å². The predicted octanol–water partition coefficient (Wildman–Crippen LogP) is 3.22. The number of rotatable bonds is 2. The second kappa shape index (κ2) is 5.55. The highest BCUT2D eigenvalue weighted by molar-refractivity contribution is 8.01. The number of carboxylic acid groups (broad SMARTS) is 1. The number of thioether (sulfide) groups is 1. The lowest BCUT2D eigenvalue weighted by atomic mass is 10.1. The van der Waals surface area contributed by atoms with Crippen molar-refractivity contribution in [3.05, 3.63) is 35.6 Å². The summed E-state index contributed by atoms with van der Waals surface area (Å²) < 4.78 is 17.3. The zero-order valence-electron chi connectivity index (χ0n) is 11.9. The van der Waals surface area contributed by atoms with Gasteiger partial charge in [0.1, 0.15) is 11.2 Å². The SMILES string of the molecule is CC(=O)N1[C@@H](c2ccc(F)cc2)SC(C)(C)[C@@H]1OC(=O)O. The van der Waals surface area contributed by atoms with Crippen molar-refractivity contribution >= 4 is 23.8 Å². The van der Waals surface area contributed by atoms with Crippen LogP contribution in [0.3, 0.4) is 0 Å². The smallest absolute Gasteiger partial charge is 0.450 e.